The van der Waals surface area contributed by atoms with E-state index in [1.807, 2.05) is 109 Å². The quantitative estimate of drug-likeness (QED) is 0.161. The number of hydrogen-bond donors (Lipinski definition) is 0. The van der Waals surface area contributed by atoms with Crippen molar-refractivity contribution in [3.63, 3.8) is 0 Å². The Bertz CT molecular complexity index is 3840. The first-order valence-electron chi connectivity index (χ1n) is 22.9. The summed E-state index contributed by atoms with van der Waals surface area (Å²) in [6.45, 7) is 0. The standard InChI is InChI=1S/C57H36N4O/c1-4-17-37(18-5-1)38-31-33-40(34-32-38)44-27-16-28-47-49-35-42(61-51-29-14-12-24-45(51)46-25-13-15-30-52(46)61)36-50(54(49)62-53(44)47)57-59-55(41-21-8-3-9-22-41)58-56(60-57)48-26-11-10-23-43(48)39-19-6-2-7-20-39/h1-36H/i3D,8D,9D,21D,22D. The second-order valence-corrected chi connectivity index (χ2v) is 15.2. The number of rotatable bonds is 7. The van der Waals surface area contributed by atoms with E-state index in [2.05, 4.69) is 83.4 Å². The second-order valence-electron chi connectivity index (χ2n) is 15.2. The first-order valence-corrected chi connectivity index (χ1v) is 20.4. The maximum Gasteiger partial charge on any atom is 0.167 e. The van der Waals surface area contributed by atoms with Crippen LogP contribution in [0.15, 0.2) is 223 Å². The number of para-hydroxylation sites is 3. The Morgan fingerprint density at radius 3 is 1.56 bits per heavy atom. The summed E-state index contributed by atoms with van der Waals surface area (Å²) in [5, 5.41) is 3.91. The lowest BCUT2D eigenvalue weighted by Crippen LogP contribution is -2.02. The molecule has 0 aliphatic heterocycles. The van der Waals surface area contributed by atoms with Gasteiger partial charge in [-0.3, -0.25) is 0 Å². The minimum Gasteiger partial charge on any atom is -0.455 e. The molecule has 0 bridgehead atoms. The monoisotopic (exact) mass is 797 g/mol. The summed E-state index contributed by atoms with van der Waals surface area (Å²) >= 11 is 0. The van der Waals surface area contributed by atoms with Crippen molar-refractivity contribution < 1.29 is 11.3 Å². The zero-order valence-corrected chi connectivity index (χ0v) is 33.1. The Hall–Kier alpha value is -8.41. The molecule has 5 heteroatoms. The van der Waals surface area contributed by atoms with Crippen molar-refractivity contribution in [3.8, 4) is 73.2 Å². The number of hydrogen-bond acceptors (Lipinski definition) is 4. The van der Waals surface area contributed by atoms with E-state index in [1.54, 1.807) is 0 Å². The van der Waals surface area contributed by atoms with Crippen LogP contribution in [-0.4, -0.2) is 19.5 Å². The van der Waals surface area contributed by atoms with Crippen LogP contribution >= 0.6 is 0 Å². The van der Waals surface area contributed by atoms with E-state index in [0.29, 0.717) is 22.3 Å². The summed E-state index contributed by atoms with van der Waals surface area (Å²) in [6.07, 6.45) is 0. The molecule has 12 rings (SSSR count). The number of furan rings is 1. The van der Waals surface area contributed by atoms with Gasteiger partial charge in [0, 0.05) is 43.9 Å². The van der Waals surface area contributed by atoms with E-state index in [9.17, 15) is 0 Å². The number of nitrogens with zero attached hydrogens (tertiary/aromatic N) is 4. The minimum atomic E-state index is -0.504. The SMILES string of the molecule is [2H]c1c([2H])c([2H])c(-c2nc(-c3ccccc3-c3ccccc3)nc(-c3cc(-n4c5ccccc5c5ccccc54)cc4c3oc3c(-c5ccc(-c6ccccc6)cc5)cccc34)n2)c([2H])c1[2H]. The summed E-state index contributed by atoms with van der Waals surface area (Å²) in [6, 6.07) is 61.1. The van der Waals surface area contributed by atoms with Gasteiger partial charge in [0.1, 0.15) is 11.2 Å². The highest BCUT2D eigenvalue weighted by Gasteiger charge is 2.23. The molecule has 0 amide bonds. The molecule has 3 heterocycles. The predicted octanol–water partition coefficient (Wildman–Crippen LogP) is 14.9. The molecule has 0 fully saturated rings. The van der Waals surface area contributed by atoms with Crippen LogP contribution in [0.25, 0.3) is 117 Å². The van der Waals surface area contributed by atoms with Crippen LogP contribution in [0.1, 0.15) is 6.85 Å². The van der Waals surface area contributed by atoms with Crippen molar-refractivity contribution in [2.45, 2.75) is 0 Å². The Morgan fingerprint density at radius 1 is 0.355 bits per heavy atom. The molecule has 0 N–H and O–H groups in total. The number of fused-ring (bicyclic) bond motifs is 6. The summed E-state index contributed by atoms with van der Waals surface area (Å²) in [7, 11) is 0. The van der Waals surface area contributed by atoms with Gasteiger partial charge in [0.25, 0.3) is 0 Å². The fourth-order valence-electron chi connectivity index (χ4n) is 8.72. The molecule has 0 spiro atoms. The topological polar surface area (TPSA) is 56.7 Å². The zero-order chi connectivity index (χ0) is 45.3. The Balaban J connectivity index is 1.17. The van der Waals surface area contributed by atoms with Crippen LogP contribution in [0.3, 0.4) is 0 Å². The average molecular weight is 798 g/mol. The molecule has 0 atom stereocenters. The molecular weight excluding hydrogens is 757 g/mol. The van der Waals surface area contributed by atoms with E-state index in [1.165, 1.54) is 0 Å². The maximum atomic E-state index is 9.06. The van der Waals surface area contributed by atoms with Crippen molar-refractivity contribution in [1.82, 2.24) is 19.5 Å². The molecule has 62 heavy (non-hydrogen) atoms. The molecule has 5 nitrogen and oxygen atoms in total. The Morgan fingerprint density at radius 2 is 0.855 bits per heavy atom. The molecule has 290 valence electrons. The molecule has 3 aromatic heterocycles. The van der Waals surface area contributed by atoms with Gasteiger partial charge in [-0.05, 0) is 52.1 Å². The third-order valence-electron chi connectivity index (χ3n) is 11.6. The fourth-order valence-corrected chi connectivity index (χ4v) is 8.72. The predicted molar refractivity (Wildman–Crippen MR) is 254 cm³/mol. The van der Waals surface area contributed by atoms with Crippen LogP contribution in [0.5, 0.6) is 0 Å². The smallest absolute Gasteiger partial charge is 0.167 e. The molecule has 0 aliphatic carbocycles. The molecule has 0 saturated heterocycles. The van der Waals surface area contributed by atoms with Gasteiger partial charge in [-0.2, -0.15) is 0 Å². The van der Waals surface area contributed by atoms with Crippen LogP contribution in [0.2, 0.25) is 0 Å². The first kappa shape index (κ1) is 30.6. The second kappa shape index (κ2) is 14.7. The van der Waals surface area contributed by atoms with E-state index in [0.717, 1.165) is 71.6 Å². The molecule has 0 saturated carbocycles. The summed E-state index contributed by atoms with van der Waals surface area (Å²) in [5.74, 6) is 0.401. The molecular formula is C57H36N4O. The van der Waals surface area contributed by atoms with Crippen molar-refractivity contribution in [3.05, 3.63) is 218 Å². The lowest BCUT2D eigenvalue weighted by Gasteiger charge is -2.14. The summed E-state index contributed by atoms with van der Waals surface area (Å²) < 4.78 is 53.1. The lowest BCUT2D eigenvalue weighted by molar-refractivity contribution is 0.670. The summed E-state index contributed by atoms with van der Waals surface area (Å²) in [5.41, 5.74) is 11.0. The van der Waals surface area contributed by atoms with Crippen LogP contribution in [-0.2, 0) is 0 Å². The van der Waals surface area contributed by atoms with Gasteiger partial charge in [0.2, 0.25) is 0 Å². The van der Waals surface area contributed by atoms with Gasteiger partial charge < -0.3 is 8.98 Å². The molecule has 0 unspecified atom stereocenters. The molecule has 0 radical (unpaired) electrons. The highest BCUT2D eigenvalue weighted by molar-refractivity contribution is 6.15. The average Bonchev–Trinajstić information content (AvgIpc) is 3.94. The van der Waals surface area contributed by atoms with Crippen molar-refractivity contribution in [2.75, 3.05) is 0 Å². The zero-order valence-electron chi connectivity index (χ0n) is 38.1. The lowest BCUT2D eigenvalue weighted by atomic mass is 9.98. The maximum absolute atomic E-state index is 9.06. The summed E-state index contributed by atoms with van der Waals surface area (Å²) in [4.78, 5) is 15.3. The van der Waals surface area contributed by atoms with Crippen LogP contribution < -0.4 is 0 Å². The van der Waals surface area contributed by atoms with E-state index < -0.39 is 30.2 Å². The minimum absolute atomic E-state index is 0.0643. The van der Waals surface area contributed by atoms with E-state index in [-0.39, 0.29) is 23.0 Å². The van der Waals surface area contributed by atoms with Gasteiger partial charge in [-0.1, -0.05) is 194 Å². The Kier molecular flexibility index (Phi) is 7.25. The van der Waals surface area contributed by atoms with Crippen LogP contribution in [0.4, 0.5) is 0 Å². The number of aromatic nitrogens is 4. The molecule has 0 aliphatic rings. The van der Waals surface area contributed by atoms with E-state index in [4.69, 9.17) is 26.2 Å². The Labute approximate surface area is 364 Å². The number of benzene rings is 9. The van der Waals surface area contributed by atoms with Crippen LogP contribution in [0, 0.1) is 0 Å². The normalized spacial score (nSPS) is 12.7. The van der Waals surface area contributed by atoms with Gasteiger partial charge in [0.05, 0.1) is 23.5 Å². The first-order chi connectivity index (χ1) is 32.8. The highest BCUT2D eigenvalue weighted by Crippen LogP contribution is 2.43. The van der Waals surface area contributed by atoms with Gasteiger partial charge in [-0.25, -0.2) is 15.0 Å². The van der Waals surface area contributed by atoms with Crippen molar-refractivity contribution >= 4 is 43.7 Å². The highest BCUT2D eigenvalue weighted by atomic mass is 16.3. The van der Waals surface area contributed by atoms with E-state index >= 15 is 0 Å². The third-order valence-corrected chi connectivity index (χ3v) is 11.6. The molecule has 12 aromatic rings. The van der Waals surface area contributed by atoms with Crippen molar-refractivity contribution in [1.29, 1.82) is 0 Å². The van der Waals surface area contributed by atoms with Crippen molar-refractivity contribution in [2.24, 2.45) is 0 Å². The largest absolute Gasteiger partial charge is 0.455 e. The fraction of sp³-hybridized carbons (Fsp3) is 0. The van der Waals surface area contributed by atoms with Gasteiger partial charge >= 0.3 is 0 Å². The van der Waals surface area contributed by atoms with Gasteiger partial charge in [0.15, 0.2) is 17.5 Å². The van der Waals surface area contributed by atoms with Gasteiger partial charge in [-0.15, -0.1) is 0 Å². The molecule has 9 aromatic carbocycles. The third kappa shape index (κ3) is 5.98.